The zero-order valence-corrected chi connectivity index (χ0v) is 6.99. The highest BCUT2D eigenvalue weighted by molar-refractivity contribution is 6.20. The van der Waals surface area contributed by atoms with Crippen LogP contribution in [-0.4, -0.2) is 26.7 Å². The van der Waals surface area contributed by atoms with E-state index in [0.29, 0.717) is 6.54 Å². The molecule has 0 saturated carbocycles. The van der Waals surface area contributed by atoms with Crippen molar-refractivity contribution in [2.24, 2.45) is 0 Å². The Labute approximate surface area is 69.8 Å². The van der Waals surface area contributed by atoms with E-state index >= 15 is 0 Å². The van der Waals surface area contributed by atoms with Gasteiger partial charge in [-0.25, -0.2) is 4.68 Å². The SMILES string of the molecule is CC(Cl)c1cn(CCO)nn1. The molecule has 0 amide bonds. The van der Waals surface area contributed by atoms with Crippen LogP contribution < -0.4 is 0 Å². The number of halogens is 1. The Bertz CT molecular complexity index is 223. The minimum Gasteiger partial charge on any atom is -0.394 e. The third-order valence-electron chi connectivity index (χ3n) is 1.29. The van der Waals surface area contributed by atoms with Gasteiger partial charge in [0.15, 0.2) is 0 Å². The van der Waals surface area contributed by atoms with Crippen molar-refractivity contribution in [3.8, 4) is 0 Å². The van der Waals surface area contributed by atoms with Crippen LogP contribution >= 0.6 is 11.6 Å². The number of aliphatic hydroxyl groups excluding tert-OH is 1. The Balaban J connectivity index is 2.66. The van der Waals surface area contributed by atoms with E-state index in [4.69, 9.17) is 16.7 Å². The smallest absolute Gasteiger partial charge is 0.100 e. The van der Waals surface area contributed by atoms with Gasteiger partial charge in [0.2, 0.25) is 0 Å². The summed E-state index contributed by atoms with van der Waals surface area (Å²) in [5.41, 5.74) is 0.736. The zero-order chi connectivity index (χ0) is 8.27. The summed E-state index contributed by atoms with van der Waals surface area (Å²) in [7, 11) is 0. The molecule has 0 aliphatic rings. The summed E-state index contributed by atoms with van der Waals surface area (Å²) in [5, 5.41) is 16.0. The molecule has 0 spiro atoms. The van der Waals surface area contributed by atoms with Crippen LogP contribution in [-0.2, 0) is 6.54 Å². The normalized spacial score (nSPS) is 13.4. The Hall–Kier alpha value is -0.610. The van der Waals surface area contributed by atoms with Gasteiger partial charge in [-0.1, -0.05) is 5.21 Å². The predicted octanol–water partition coefficient (Wildman–Crippen LogP) is 0.570. The summed E-state index contributed by atoms with van der Waals surface area (Å²) in [5.74, 6) is 0. The fraction of sp³-hybridized carbons (Fsp3) is 0.667. The van der Waals surface area contributed by atoms with Crippen LogP contribution in [0.3, 0.4) is 0 Å². The van der Waals surface area contributed by atoms with Gasteiger partial charge < -0.3 is 5.11 Å². The maximum Gasteiger partial charge on any atom is 0.100 e. The van der Waals surface area contributed by atoms with E-state index in [9.17, 15) is 0 Å². The van der Waals surface area contributed by atoms with E-state index in [1.54, 1.807) is 10.9 Å². The fourth-order valence-corrected chi connectivity index (χ4v) is 0.807. The lowest BCUT2D eigenvalue weighted by molar-refractivity contribution is 0.268. The molecule has 62 valence electrons. The number of aromatic nitrogens is 3. The van der Waals surface area contributed by atoms with Crippen molar-refractivity contribution < 1.29 is 5.11 Å². The third-order valence-corrected chi connectivity index (χ3v) is 1.52. The van der Waals surface area contributed by atoms with E-state index < -0.39 is 0 Å². The molecule has 5 heteroatoms. The minimum absolute atomic E-state index is 0.0689. The molecule has 0 aliphatic carbocycles. The Morgan fingerprint density at radius 1 is 1.82 bits per heavy atom. The van der Waals surface area contributed by atoms with E-state index in [1.807, 2.05) is 6.92 Å². The third kappa shape index (κ3) is 2.17. The lowest BCUT2D eigenvalue weighted by atomic mass is 10.4. The highest BCUT2D eigenvalue weighted by Crippen LogP contribution is 2.14. The number of nitrogens with zero attached hydrogens (tertiary/aromatic N) is 3. The molecule has 0 radical (unpaired) electrons. The molecule has 1 heterocycles. The van der Waals surface area contributed by atoms with Crippen molar-refractivity contribution in [2.45, 2.75) is 18.8 Å². The first-order valence-corrected chi connectivity index (χ1v) is 3.82. The summed E-state index contributed by atoms with van der Waals surface area (Å²) in [6.45, 7) is 2.37. The largest absolute Gasteiger partial charge is 0.394 e. The van der Waals surface area contributed by atoms with Gasteiger partial charge >= 0.3 is 0 Å². The number of rotatable bonds is 3. The van der Waals surface area contributed by atoms with Crippen molar-refractivity contribution in [1.82, 2.24) is 15.0 Å². The molecule has 0 saturated heterocycles. The van der Waals surface area contributed by atoms with Crippen molar-refractivity contribution in [1.29, 1.82) is 0 Å². The average molecular weight is 176 g/mol. The van der Waals surface area contributed by atoms with Crippen LogP contribution in [0.5, 0.6) is 0 Å². The molecule has 0 aromatic carbocycles. The van der Waals surface area contributed by atoms with Gasteiger partial charge in [-0.15, -0.1) is 16.7 Å². The highest BCUT2D eigenvalue weighted by atomic mass is 35.5. The number of hydrogen-bond acceptors (Lipinski definition) is 3. The van der Waals surface area contributed by atoms with Crippen molar-refractivity contribution >= 4 is 11.6 Å². The monoisotopic (exact) mass is 175 g/mol. The summed E-state index contributed by atoms with van der Waals surface area (Å²) in [6.07, 6.45) is 1.73. The molecule has 1 N–H and O–H groups in total. The summed E-state index contributed by atoms with van der Waals surface area (Å²) in [6, 6.07) is 0. The molecule has 0 aliphatic heterocycles. The second kappa shape index (κ2) is 3.69. The first-order valence-electron chi connectivity index (χ1n) is 3.39. The highest BCUT2D eigenvalue weighted by Gasteiger charge is 2.05. The Kier molecular flexibility index (Phi) is 2.84. The van der Waals surface area contributed by atoms with Gasteiger partial charge in [-0.2, -0.15) is 0 Å². The second-order valence-corrected chi connectivity index (χ2v) is 2.90. The van der Waals surface area contributed by atoms with Gasteiger partial charge in [0, 0.05) is 0 Å². The zero-order valence-electron chi connectivity index (χ0n) is 6.24. The lowest BCUT2D eigenvalue weighted by Gasteiger charge is -1.93. The maximum absolute atomic E-state index is 8.55. The average Bonchev–Trinajstić information content (AvgIpc) is 2.37. The number of hydrogen-bond donors (Lipinski definition) is 1. The molecule has 4 nitrogen and oxygen atoms in total. The molecule has 1 rings (SSSR count). The van der Waals surface area contributed by atoms with E-state index in [1.165, 1.54) is 0 Å². The van der Waals surface area contributed by atoms with Crippen molar-refractivity contribution in [3.63, 3.8) is 0 Å². The van der Waals surface area contributed by atoms with Crippen LogP contribution in [0, 0.1) is 0 Å². The Morgan fingerprint density at radius 3 is 3.00 bits per heavy atom. The van der Waals surface area contributed by atoms with Crippen LogP contribution in [0.2, 0.25) is 0 Å². The maximum atomic E-state index is 8.55. The second-order valence-electron chi connectivity index (χ2n) is 2.25. The van der Waals surface area contributed by atoms with Crippen molar-refractivity contribution in [3.05, 3.63) is 11.9 Å². The topological polar surface area (TPSA) is 50.9 Å². The van der Waals surface area contributed by atoms with Crippen LogP contribution in [0.1, 0.15) is 18.0 Å². The first kappa shape index (κ1) is 8.49. The molecule has 1 aromatic rings. The molecule has 11 heavy (non-hydrogen) atoms. The summed E-state index contributed by atoms with van der Waals surface area (Å²) in [4.78, 5) is 0. The number of aliphatic hydroxyl groups is 1. The fourth-order valence-electron chi connectivity index (χ4n) is 0.707. The van der Waals surface area contributed by atoms with Crippen molar-refractivity contribution in [2.75, 3.05) is 6.61 Å². The molecule has 1 aromatic heterocycles. The van der Waals surface area contributed by atoms with Gasteiger partial charge in [0.1, 0.15) is 5.69 Å². The predicted molar refractivity (Wildman–Crippen MR) is 41.4 cm³/mol. The first-order chi connectivity index (χ1) is 5.24. The van der Waals surface area contributed by atoms with Gasteiger partial charge in [0.05, 0.1) is 24.7 Å². The van der Waals surface area contributed by atoms with Crippen LogP contribution in [0.25, 0.3) is 0 Å². The molecule has 1 atom stereocenters. The van der Waals surface area contributed by atoms with E-state index in [-0.39, 0.29) is 12.0 Å². The van der Waals surface area contributed by atoms with Gasteiger partial charge in [-0.3, -0.25) is 0 Å². The standard InChI is InChI=1S/C6H10ClN3O/c1-5(7)6-4-10(2-3-11)9-8-6/h4-5,11H,2-3H2,1H3. The number of alkyl halides is 1. The summed E-state index contributed by atoms with van der Waals surface area (Å²) < 4.78 is 1.56. The lowest BCUT2D eigenvalue weighted by Crippen LogP contribution is -2.02. The molecular weight excluding hydrogens is 166 g/mol. The van der Waals surface area contributed by atoms with Gasteiger partial charge in [0.25, 0.3) is 0 Å². The minimum atomic E-state index is -0.123. The van der Waals surface area contributed by atoms with E-state index in [2.05, 4.69) is 10.3 Å². The molecule has 0 fully saturated rings. The van der Waals surface area contributed by atoms with Crippen LogP contribution in [0.4, 0.5) is 0 Å². The molecule has 1 unspecified atom stereocenters. The molecule has 0 bridgehead atoms. The van der Waals surface area contributed by atoms with Crippen LogP contribution in [0.15, 0.2) is 6.20 Å². The van der Waals surface area contributed by atoms with E-state index in [0.717, 1.165) is 5.69 Å². The molecular formula is C6H10ClN3O. The summed E-state index contributed by atoms with van der Waals surface area (Å²) >= 11 is 5.74. The Morgan fingerprint density at radius 2 is 2.55 bits per heavy atom. The van der Waals surface area contributed by atoms with Gasteiger partial charge in [-0.05, 0) is 6.92 Å². The quantitative estimate of drug-likeness (QED) is 0.684.